The van der Waals surface area contributed by atoms with Gasteiger partial charge in [-0.25, -0.2) is 4.79 Å². The molecule has 108 valence electrons. The molecule has 1 aliphatic heterocycles. The molecule has 19 heavy (non-hydrogen) atoms. The van der Waals surface area contributed by atoms with Gasteiger partial charge in [-0.05, 0) is 25.7 Å². The number of halogens is 3. The summed E-state index contributed by atoms with van der Waals surface area (Å²) >= 11 is 0. The predicted octanol–water partition coefficient (Wildman–Crippen LogP) is 1.43. The van der Waals surface area contributed by atoms with E-state index >= 15 is 0 Å². The van der Waals surface area contributed by atoms with Gasteiger partial charge < -0.3 is 10.1 Å². The summed E-state index contributed by atoms with van der Waals surface area (Å²) in [5, 5.41) is 2.74. The van der Waals surface area contributed by atoms with Gasteiger partial charge in [0.1, 0.15) is 6.04 Å². The monoisotopic (exact) mass is 280 g/mol. The molecule has 1 heterocycles. The van der Waals surface area contributed by atoms with Crippen LogP contribution in [0.1, 0.15) is 25.7 Å². The number of ether oxygens (including phenoxy) is 1. The van der Waals surface area contributed by atoms with Gasteiger partial charge in [-0.1, -0.05) is 0 Å². The Labute approximate surface area is 108 Å². The van der Waals surface area contributed by atoms with Crippen molar-refractivity contribution in [3.8, 4) is 0 Å². The number of carbonyl (C=O) groups is 2. The Morgan fingerprint density at radius 1 is 1.26 bits per heavy atom. The lowest BCUT2D eigenvalue weighted by molar-refractivity contribution is -0.162. The zero-order valence-corrected chi connectivity index (χ0v) is 10.2. The molecule has 5 nitrogen and oxygen atoms in total. The predicted molar refractivity (Wildman–Crippen MR) is 58.3 cm³/mol. The van der Waals surface area contributed by atoms with Crippen LogP contribution in [0.2, 0.25) is 0 Å². The fourth-order valence-electron chi connectivity index (χ4n) is 2.01. The van der Waals surface area contributed by atoms with E-state index in [-0.39, 0.29) is 18.5 Å². The number of nitrogens with one attached hydrogen (secondary N) is 1. The molecule has 0 spiro atoms. The van der Waals surface area contributed by atoms with Gasteiger partial charge in [0.2, 0.25) is 5.91 Å². The largest absolute Gasteiger partial charge is 0.440 e. The van der Waals surface area contributed by atoms with Crippen molar-refractivity contribution in [2.45, 2.75) is 43.9 Å². The van der Waals surface area contributed by atoms with Gasteiger partial charge in [0.25, 0.3) is 0 Å². The maximum atomic E-state index is 12.0. The van der Waals surface area contributed by atoms with Crippen LogP contribution in [0, 0.1) is 0 Å². The van der Waals surface area contributed by atoms with Gasteiger partial charge in [0, 0.05) is 12.6 Å². The van der Waals surface area contributed by atoms with Crippen molar-refractivity contribution < 1.29 is 27.5 Å². The first-order chi connectivity index (χ1) is 8.87. The van der Waals surface area contributed by atoms with Crippen molar-refractivity contribution in [3.63, 3.8) is 0 Å². The summed E-state index contributed by atoms with van der Waals surface area (Å²) in [4.78, 5) is 24.4. The minimum atomic E-state index is -4.55. The molecule has 2 rings (SSSR count). The molecule has 0 radical (unpaired) electrons. The summed E-state index contributed by atoms with van der Waals surface area (Å²) in [6.07, 6.45) is -2.76. The summed E-state index contributed by atoms with van der Waals surface area (Å²) in [5.41, 5.74) is 0. The smallest absolute Gasteiger partial charge is 0.422 e. The van der Waals surface area contributed by atoms with Gasteiger partial charge in [-0.15, -0.1) is 0 Å². The SMILES string of the molecule is O=C(NC1CC1)C1CCCN1C(=O)OCC(F)(F)F. The number of carbonyl (C=O) groups excluding carboxylic acids is 2. The van der Waals surface area contributed by atoms with Crippen LogP contribution in [0.3, 0.4) is 0 Å². The third-order valence-corrected chi connectivity index (χ3v) is 3.07. The Hall–Kier alpha value is -1.47. The second-order valence-electron chi connectivity index (χ2n) is 4.80. The second-order valence-corrected chi connectivity index (χ2v) is 4.80. The number of likely N-dealkylation sites (tertiary alicyclic amines) is 1. The van der Waals surface area contributed by atoms with Crippen molar-refractivity contribution in [1.82, 2.24) is 10.2 Å². The van der Waals surface area contributed by atoms with Crippen molar-refractivity contribution >= 4 is 12.0 Å². The zero-order valence-electron chi connectivity index (χ0n) is 10.2. The molecule has 1 atom stereocenters. The fourth-order valence-corrected chi connectivity index (χ4v) is 2.01. The van der Waals surface area contributed by atoms with E-state index < -0.39 is 24.9 Å². The molecule has 1 unspecified atom stereocenters. The number of rotatable bonds is 3. The third-order valence-electron chi connectivity index (χ3n) is 3.07. The minimum Gasteiger partial charge on any atom is -0.440 e. The Morgan fingerprint density at radius 3 is 2.53 bits per heavy atom. The second kappa shape index (κ2) is 5.26. The van der Waals surface area contributed by atoms with E-state index in [4.69, 9.17) is 0 Å². The molecular weight excluding hydrogens is 265 g/mol. The standard InChI is InChI=1S/C11H15F3N2O3/c12-11(13,14)6-19-10(18)16-5-1-2-8(16)9(17)15-7-3-4-7/h7-8H,1-6H2,(H,15,17). The molecule has 2 fully saturated rings. The average Bonchev–Trinajstić information content (AvgIpc) is 2.98. The summed E-state index contributed by atoms with van der Waals surface area (Å²) in [5.74, 6) is -0.302. The molecule has 1 saturated heterocycles. The molecule has 0 aromatic carbocycles. The maximum Gasteiger partial charge on any atom is 0.422 e. The van der Waals surface area contributed by atoms with E-state index in [1.54, 1.807) is 0 Å². The van der Waals surface area contributed by atoms with Crippen LogP contribution in [0.4, 0.5) is 18.0 Å². The Balaban J connectivity index is 1.86. The van der Waals surface area contributed by atoms with Crippen LogP contribution < -0.4 is 5.32 Å². The van der Waals surface area contributed by atoms with Crippen LogP contribution in [0.25, 0.3) is 0 Å². The van der Waals surface area contributed by atoms with E-state index in [1.807, 2.05) is 0 Å². The topological polar surface area (TPSA) is 58.6 Å². The first-order valence-electron chi connectivity index (χ1n) is 6.17. The number of nitrogens with zero attached hydrogens (tertiary/aromatic N) is 1. The van der Waals surface area contributed by atoms with Crippen LogP contribution >= 0.6 is 0 Å². The summed E-state index contributed by atoms with van der Waals surface area (Å²) in [7, 11) is 0. The highest BCUT2D eigenvalue weighted by Gasteiger charge is 2.38. The van der Waals surface area contributed by atoms with Crippen molar-refractivity contribution in [2.75, 3.05) is 13.2 Å². The van der Waals surface area contributed by atoms with Gasteiger partial charge in [-0.2, -0.15) is 13.2 Å². The quantitative estimate of drug-likeness (QED) is 0.850. The van der Waals surface area contributed by atoms with Crippen molar-refractivity contribution in [1.29, 1.82) is 0 Å². The normalized spacial score (nSPS) is 23.3. The lowest BCUT2D eigenvalue weighted by Crippen LogP contribution is -2.47. The van der Waals surface area contributed by atoms with E-state index in [9.17, 15) is 22.8 Å². The van der Waals surface area contributed by atoms with E-state index in [1.165, 1.54) is 0 Å². The number of hydrogen-bond donors (Lipinski definition) is 1. The van der Waals surface area contributed by atoms with Gasteiger partial charge in [0.15, 0.2) is 6.61 Å². The highest BCUT2D eigenvalue weighted by molar-refractivity contribution is 5.86. The summed E-state index contributed by atoms with van der Waals surface area (Å²) < 4.78 is 40.1. The van der Waals surface area contributed by atoms with Crippen LogP contribution in [0.15, 0.2) is 0 Å². The molecule has 2 amide bonds. The lowest BCUT2D eigenvalue weighted by Gasteiger charge is -2.23. The fraction of sp³-hybridized carbons (Fsp3) is 0.818. The lowest BCUT2D eigenvalue weighted by atomic mass is 10.2. The Morgan fingerprint density at radius 2 is 1.95 bits per heavy atom. The van der Waals surface area contributed by atoms with Crippen molar-refractivity contribution in [2.24, 2.45) is 0 Å². The molecule has 1 saturated carbocycles. The van der Waals surface area contributed by atoms with Crippen LogP contribution in [0.5, 0.6) is 0 Å². The number of amides is 2. The molecule has 2 aliphatic rings. The average molecular weight is 280 g/mol. The zero-order chi connectivity index (χ0) is 14.0. The molecule has 8 heteroatoms. The maximum absolute atomic E-state index is 12.0. The summed E-state index contributed by atoms with van der Waals surface area (Å²) in [6, 6.07) is -0.553. The van der Waals surface area contributed by atoms with E-state index in [0.717, 1.165) is 17.7 Å². The number of hydrogen-bond acceptors (Lipinski definition) is 3. The van der Waals surface area contributed by atoms with Gasteiger partial charge in [-0.3, -0.25) is 9.69 Å². The third kappa shape index (κ3) is 4.00. The molecule has 1 N–H and O–H groups in total. The molecule has 0 bridgehead atoms. The Bertz CT molecular complexity index is 369. The van der Waals surface area contributed by atoms with Crippen molar-refractivity contribution in [3.05, 3.63) is 0 Å². The number of alkyl halides is 3. The first-order valence-corrected chi connectivity index (χ1v) is 6.17. The van der Waals surface area contributed by atoms with Crippen LogP contribution in [-0.2, 0) is 9.53 Å². The molecule has 1 aliphatic carbocycles. The molecule has 0 aromatic heterocycles. The van der Waals surface area contributed by atoms with E-state index in [0.29, 0.717) is 12.8 Å². The summed E-state index contributed by atoms with van der Waals surface area (Å²) in [6.45, 7) is -1.38. The van der Waals surface area contributed by atoms with Gasteiger partial charge in [0.05, 0.1) is 0 Å². The minimum absolute atomic E-state index is 0.154. The molecule has 0 aromatic rings. The van der Waals surface area contributed by atoms with Gasteiger partial charge >= 0.3 is 12.3 Å². The van der Waals surface area contributed by atoms with Crippen LogP contribution in [-0.4, -0.2) is 48.3 Å². The first kappa shape index (κ1) is 14.0. The van der Waals surface area contributed by atoms with E-state index in [2.05, 4.69) is 10.1 Å². The molecular formula is C11H15F3N2O3. The Kier molecular flexibility index (Phi) is 3.86. The highest BCUT2D eigenvalue weighted by Crippen LogP contribution is 2.23. The highest BCUT2D eigenvalue weighted by atomic mass is 19.4.